The number of nitrogens with one attached hydrogen (secondary N) is 1. The van der Waals surface area contributed by atoms with Gasteiger partial charge in [-0.2, -0.15) is 0 Å². The van der Waals surface area contributed by atoms with E-state index in [1.165, 1.54) is 6.08 Å². The van der Waals surface area contributed by atoms with Crippen molar-refractivity contribution < 1.29 is 9.53 Å². The summed E-state index contributed by atoms with van der Waals surface area (Å²) >= 11 is 3.39. The van der Waals surface area contributed by atoms with E-state index in [9.17, 15) is 4.79 Å². The van der Waals surface area contributed by atoms with Crippen LogP contribution in [0.25, 0.3) is 6.08 Å². The second kappa shape index (κ2) is 7.09. The molecule has 4 heteroatoms. The van der Waals surface area contributed by atoms with Crippen molar-refractivity contribution in [1.29, 1.82) is 0 Å². The molecule has 21 heavy (non-hydrogen) atoms. The van der Waals surface area contributed by atoms with E-state index >= 15 is 0 Å². The summed E-state index contributed by atoms with van der Waals surface area (Å²) in [6, 6.07) is 13.3. The quantitative estimate of drug-likeness (QED) is 0.833. The van der Waals surface area contributed by atoms with Crippen LogP contribution in [0.15, 0.2) is 53.0 Å². The average molecular weight is 346 g/mol. The molecule has 0 fully saturated rings. The average Bonchev–Trinajstić information content (AvgIpc) is 2.48. The molecule has 1 amide bonds. The van der Waals surface area contributed by atoms with Gasteiger partial charge in [0.2, 0.25) is 5.91 Å². The van der Waals surface area contributed by atoms with Crippen molar-refractivity contribution in [1.82, 2.24) is 0 Å². The standard InChI is InChI=1S/C17H16BrNO2/c1-12-7-9-16(21-2)13(11-12)8-10-17(20)19-15-6-4-3-5-14(15)18/h3-11H,1-2H3,(H,19,20)/b10-8+. The minimum absolute atomic E-state index is 0.189. The highest BCUT2D eigenvalue weighted by molar-refractivity contribution is 9.10. The molecule has 0 aromatic heterocycles. The van der Waals surface area contributed by atoms with Gasteiger partial charge in [-0.3, -0.25) is 4.79 Å². The van der Waals surface area contributed by atoms with Gasteiger partial charge in [-0.25, -0.2) is 0 Å². The topological polar surface area (TPSA) is 38.3 Å². The van der Waals surface area contributed by atoms with Crippen molar-refractivity contribution >= 4 is 33.6 Å². The molecule has 2 aromatic rings. The van der Waals surface area contributed by atoms with Gasteiger partial charge in [-0.05, 0) is 53.2 Å². The van der Waals surface area contributed by atoms with Gasteiger partial charge in [0.15, 0.2) is 0 Å². The number of rotatable bonds is 4. The van der Waals surface area contributed by atoms with Gasteiger partial charge in [0.05, 0.1) is 12.8 Å². The number of methoxy groups -OCH3 is 1. The molecule has 0 spiro atoms. The van der Waals surface area contributed by atoms with Crippen molar-refractivity contribution in [3.8, 4) is 5.75 Å². The number of amides is 1. The van der Waals surface area contributed by atoms with E-state index in [0.29, 0.717) is 0 Å². The Balaban J connectivity index is 2.12. The van der Waals surface area contributed by atoms with Crippen LogP contribution in [0.2, 0.25) is 0 Å². The highest BCUT2D eigenvalue weighted by Gasteiger charge is 2.03. The van der Waals surface area contributed by atoms with Gasteiger partial charge in [0.25, 0.3) is 0 Å². The molecule has 2 rings (SSSR count). The molecule has 0 unspecified atom stereocenters. The maximum atomic E-state index is 12.0. The summed E-state index contributed by atoms with van der Waals surface area (Å²) in [6.45, 7) is 2.00. The summed E-state index contributed by atoms with van der Waals surface area (Å²) in [4.78, 5) is 12.0. The minimum atomic E-state index is -0.189. The highest BCUT2D eigenvalue weighted by Crippen LogP contribution is 2.22. The lowest BCUT2D eigenvalue weighted by Gasteiger charge is -2.06. The SMILES string of the molecule is COc1ccc(C)cc1/C=C/C(=O)Nc1ccccc1Br. The zero-order chi connectivity index (χ0) is 15.2. The summed E-state index contributed by atoms with van der Waals surface area (Å²) in [5, 5.41) is 2.82. The molecule has 0 radical (unpaired) electrons. The zero-order valence-electron chi connectivity index (χ0n) is 11.9. The van der Waals surface area contributed by atoms with E-state index < -0.39 is 0 Å². The molecular formula is C17H16BrNO2. The third kappa shape index (κ3) is 4.20. The Morgan fingerprint density at radius 2 is 2.00 bits per heavy atom. The Kier molecular flexibility index (Phi) is 5.17. The fourth-order valence-corrected chi connectivity index (χ4v) is 2.27. The van der Waals surface area contributed by atoms with E-state index in [2.05, 4.69) is 21.2 Å². The number of carbonyl (C=O) groups is 1. The van der Waals surface area contributed by atoms with Crippen molar-refractivity contribution in [3.63, 3.8) is 0 Å². The number of ether oxygens (including phenoxy) is 1. The first-order chi connectivity index (χ1) is 10.1. The van der Waals surface area contributed by atoms with Crippen molar-refractivity contribution in [2.75, 3.05) is 12.4 Å². The predicted octanol–water partition coefficient (Wildman–Crippen LogP) is 4.42. The predicted molar refractivity (Wildman–Crippen MR) is 89.5 cm³/mol. The summed E-state index contributed by atoms with van der Waals surface area (Å²) in [7, 11) is 1.61. The van der Waals surface area contributed by atoms with Gasteiger partial charge in [0, 0.05) is 16.1 Å². The Bertz CT molecular complexity index is 680. The summed E-state index contributed by atoms with van der Waals surface area (Å²) in [5.41, 5.74) is 2.73. The molecule has 0 aliphatic carbocycles. The number of aryl methyl sites for hydroxylation is 1. The molecule has 2 aromatic carbocycles. The number of hydrogen-bond acceptors (Lipinski definition) is 2. The van der Waals surface area contributed by atoms with Gasteiger partial charge in [-0.15, -0.1) is 0 Å². The summed E-state index contributed by atoms with van der Waals surface area (Å²) in [5.74, 6) is 0.552. The molecule has 0 heterocycles. The van der Waals surface area contributed by atoms with Crippen LogP contribution in [0.1, 0.15) is 11.1 Å². The molecular weight excluding hydrogens is 330 g/mol. The zero-order valence-corrected chi connectivity index (χ0v) is 13.5. The first-order valence-electron chi connectivity index (χ1n) is 6.48. The van der Waals surface area contributed by atoms with E-state index in [4.69, 9.17) is 4.74 Å². The monoisotopic (exact) mass is 345 g/mol. The van der Waals surface area contributed by atoms with Gasteiger partial charge >= 0.3 is 0 Å². The Labute approximate surface area is 132 Å². The molecule has 0 atom stereocenters. The smallest absolute Gasteiger partial charge is 0.248 e. The van der Waals surface area contributed by atoms with E-state index in [-0.39, 0.29) is 5.91 Å². The fourth-order valence-electron chi connectivity index (χ4n) is 1.89. The summed E-state index contributed by atoms with van der Waals surface area (Å²) < 4.78 is 6.13. The van der Waals surface area contributed by atoms with E-state index in [1.54, 1.807) is 13.2 Å². The van der Waals surface area contributed by atoms with Gasteiger partial charge < -0.3 is 10.1 Å². The normalized spacial score (nSPS) is 10.6. The first-order valence-corrected chi connectivity index (χ1v) is 7.27. The van der Waals surface area contributed by atoms with Crippen LogP contribution in [0, 0.1) is 6.92 Å². The van der Waals surface area contributed by atoms with Gasteiger partial charge in [0.1, 0.15) is 5.75 Å². The minimum Gasteiger partial charge on any atom is -0.496 e. The van der Waals surface area contributed by atoms with Crippen LogP contribution in [0.3, 0.4) is 0 Å². The lowest BCUT2D eigenvalue weighted by Crippen LogP contribution is -2.08. The fraction of sp³-hybridized carbons (Fsp3) is 0.118. The maximum Gasteiger partial charge on any atom is 0.248 e. The molecule has 0 saturated heterocycles. The molecule has 0 saturated carbocycles. The van der Waals surface area contributed by atoms with Crippen LogP contribution in [0.5, 0.6) is 5.75 Å². The van der Waals surface area contributed by atoms with Crippen molar-refractivity contribution in [2.45, 2.75) is 6.92 Å². The van der Waals surface area contributed by atoms with E-state index in [1.807, 2.05) is 49.4 Å². The number of para-hydroxylation sites is 1. The van der Waals surface area contributed by atoms with Crippen LogP contribution < -0.4 is 10.1 Å². The third-order valence-corrected chi connectivity index (χ3v) is 3.62. The summed E-state index contributed by atoms with van der Waals surface area (Å²) in [6.07, 6.45) is 3.24. The Hall–Kier alpha value is -2.07. The molecule has 0 aliphatic heterocycles. The third-order valence-electron chi connectivity index (χ3n) is 2.93. The number of hydrogen-bond donors (Lipinski definition) is 1. The molecule has 0 bridgehead atoms. The molecule has 108 valence electrons. The van der Waals surface area contributed by atoms with Crippen LogP contribution >= 0.6 is 15.9 Å². The lowest BCUT2D eigenvalue weighted by molar-refractivity contribution is -0.111. The number of halogens is 1. The number of anilines is 1. The van der Waals surface area contributed by atoms with E-state index in [0.717, 1.165) is 27.0 Å². The Morgan fingerprint density at radius 3 is 2.71 bits per heavy atom. The Morgan fingerprint density at radius 1 is 1.24 bits per heavy atom. The molecule has 0 aliphatic rings. The second-order valence-electron chi connectivity index (χ2n) is 4.55. The van der Waals surface area contributed by atoms with Crippen LogP contribution in [-0.4, -0.2) is 13.0 Å². The van der Waals surface area contributed by atoms with Crippen molar-refractivity contribution in [2.24, 2.45) is 0 Å². The number of carbonyl (C=O) groups excluding carboxylic acids is 1. The van der Waals surface area contributed by atoms with Crippen LogP contribution in [-0.2, 0) is 4.79 Å². The van der Waals surface area contributed by atoms with Gasteiger partial charge in [-0.1, -0.05) is 23.8 Å². The lowest BCUT2D eigenvalue weighted by atomic mass is 10.1. The first kappa shape index (κ1) is 15.3. The molecule has 1 N–H and O–H groups in total. The largest absolute Gasteiger partial charge is 0.496 e. The molecule has 3 nitrogen and oxygen atoms in total. The highest BCUT2D eigenvalue weighted by atomic mass is 79.9. The number of benzene rings is 2. The second-order valence-corrected chi connectivity index (χ2v) is 5.40. The van der Waals surface area contributed by atoms with Crippen molar-refractivity contribution in [3.05, 3.63) is 64.1 Å². The maximum absolute atomic E-state index is 12.0. The van der Waals surface area contributed by atoms with Crippen LogP contribution in [0.4, 0.5) is 5.69 Å².